The fourth-order valence-corrected chi connectivity index (χ4v) is 4.06. The largest absolute Gasteiger partial charge is 0.453 e. The number of nitrogens with one attached hydrogen (secondary N) is 3. The quantitative estimate of drug-likeness (QED) is 0.440. The Morgan fingerprint density at radius 2 is 1.78 bits per heavy atom. The maximum absolute atomic E-state index is 12.4. The van der Waals surface area contributed by atoms with Crippen LogP contribution in [0.3, 0.4) is 0 Å². The fourth-order valence-electron chi connectivity index (χ4n) is 3.50. The summed E-state index contributed by atoms with van der Waals surface area (Å²) < 4.78 is 11.8. The van der Waals surface area contributed by atoms with Crippen LogP contribution in [0.4, 0.5) is 10.6 Å². The molecule has 11 nitrogen and oxygen atoms in total. The Hall–Kier alpha value is -3.57. The smallest absolute Gasteiger partial charge is 0.413 e. The van der Waals surface area contributed by atoms with E-state index in [1.807, 2.05) is 0 Å². The molecule has 1 aliphatic rings. The zero-order valence-corrected chi connectivity index (χ0v) is 21.1. The van der Waals surface area contributed by atoms with Crippen LogP contribution in [0.25, 0.3) is 5.69 Å². The standard InChI is InChI=1S/C23H23Cl2N5O6/c1-23(2,3)36-22(34)27-18-20(32)28-21(33)30(29-18)12-7-15(24)17(16(25)8-12)35-13-9-14(11-5-4-6-11)19(31)26-10-13/h7-11H,4-6H2,1-3H3,(H,26,31)(H,27,29,34)(H,28,32,33). The summed E-state index contributed by atoms with van der Waals surface area (Å²) in [7, 11) is 0. The second kappa shape index (κ2) is 9.82. The summed E-state index contributed by atoms with van der Waals surface area (Å²) in [5.74, 6) is 0.162. The first-order valence-electron chi connectivity index (χ1n) is 11.0. The molecule has 3 N–H and O–H groups in total. The first-order chi connectivity index (χ1) is 16.9. The van der Waals surface area contributed by atoms with E-state index in [0.29, 0.717) is 11.3 Å². The molecule has 190 valence electrons. The van der Waals surface area contributed by atoms with Crippen LogP contribution in [0, 0.1) is 0 Å². The van der Waals surface area contributed by atoms with Gasteiger partial charge < -0.3 is 14.5 Å². The number of carbonyl (C=O) groups is 1. The third-order valence-electron chi connectivity index (χ3n) is 5.35. The van der Waals surface area contributed by atoms with Crippen molar-refractivity contribution in [2.45, 2.75) is 51.6 Å². The average molecular weight is 536 g/mol. The van der Waals surface area contributed by atoms with Crippen LogP contribution >= 0.6 is 23.2 Å². The van der Waals surface area contributed by atoms with Crippen LogP contribution < -0.4 is 26.9 Å². The molecule has 3 aromatic rings. The molecular formula is C23H23Cl2N5O6. The van der Waals surface area contributed by atoms with Gasteiger partial charge in [0.25, 0.3) is 11.1 Å². The highest BCUT2D eigenvalue weighted by atomic mass is 35.5. The number of anilines is 1. The van der Waals surface area contributed by atoms with Gasteiger partial charge >= 0.3 is 11.8 Å². The fraction of sp³-hybridized carbons (Fsp3) is 0.348. The zero-order valence-electron chi connectivity index (χ0n) is 19.6. The molecule has 0 atom stereocenters. The predicted octanol–water partition coefficient (Wildman–Crippen LogP) is 4.32. The summed E-state index contributed by atoms with van der Waals surface area (Å²) >= 11 is 12.8. The van der Waals surface area contributed by atoms with Crippen LogP contribution in [0.2, 0.25) is 10.0 Å². The molecule has 0 unspecified atom stereocenters. The molecule has 2 aromatic heterocycles. The van der Waals surface area contributed by atoms with Gasteiger partial charge in [-0.25, -0.2) is 9.59 Å². The Bertz CT molecular complexity index is 1480. The zero-order chi connectivity index (χ0) is 26.2. The number of aromatic amines is 2. The van der Waals surface area contributed by atoms with Crippen LogP contribution in [-0.2, 0) is 4.74 Å². The first kappa shape index (κ1) is 25.5. The number of hydrogen-bond donors (Lipinski definition) is 3. The van der Waals surface area contributed by atoms with Crippen LogP contribution in [0.5, 0.6) is 11.5 Å². The number of H-pyrrole nitrogens is 2. The van der Waals surface area contributed by atoms with Crippen molar-refractivity contribution in [2.75, 3.05) is 5.32 Å². The van der Waals surface area contributed by atoms with Crippen molar-refractivity contribution in [1.29, 1.82) is 0 Å². The molecule has 13 heteroatoms. The van der Waals surface area contributed by atoms with E-state index in [2.05, 4.69) is 20.4 Å². The molecule has 36 heavy (non-hydrogen) atoms. The molecule has 0 spiro atoms. The molecule has 4 rings (SSSR count). The third-order valence-corrected chi connectivity index (χ3v) is 5.91. The number of hydrogen-bond acceptors (Lipinski definition) is 7. The van der Waals surface area contributed by atoms with Gasteiger partial charge in [-0.3, -0.25) is 19.9 Å². The van der Waals surface area contributed by atoms with Crippen LogP contribution in [-0.4, -0.2) is 31.4 Å². The lowest BCUT2D eigenvalue weighted by Gasteiger charge is -2.25. The Labute approximate surface area is 214 Å². The summed E-state index contributed by atoms with van der Waals surface area (Å²) in [6.07, 6.45) is 3.44. The van der Waals surface area contributed by atoms with Gasteiger partial charge in [0.1, 0.15) is 11.4 Å². The van der Waals surface area contributed by atoms with Crippen LogP contribution in [0.1, 0.15) is 51.5 Å². The number of carbonyl (C=O) groups excluding carboxylic acids is 1. The molecule has 1 fully saturated rings. The Morgan fingerprint density at radius 1 is 1.11 bits per heavy atom. The van der Waals surface area contributed by atoms with E-state index in [1.165, 1.54) is 18.3 Å². The third kappa shape index (κ3) is 5.63. The molecule has 0 radical (unpaired) electrons. The number of rotatable bonds is 5. The number of ether oxygens (including phenoxy) is 2. The molecule has 0 aliphatic heterocycles. The number of benzene rings is 1. The summed E-state index contributed by atoms with van der Waals surface area (Å²) in [5.41, 5.74) is -2.05. The minimum absolute atomic E-state index is 0.0374. The van der Waals surface area contributed by atoms with E-state index in [0.717, 1.165) is 23.9 Å². The SMILES string of the molecule is CC(C)(C)OC(=O)Nc1nn(-c2cc(Cl)c(Oc3c[nH]c(=O)c(C4CCC4)c3)c(Cl)c2)c(=O)[nH]c1=O. The number of aromatic nitrogens is 4. The van der Waals surface area contributed by atoms with Gasteiger partial charge in [0.15, 0.2) is 5.75 Å². The normalized spacial score (nSPS) is 13.7. The van der Waals surface area contributed by atoms with E-state index in [-0.39, 0.29) is 33.0 Å². The highest BCUT2D eigenvalue weighted by Gasteiger charge is 2.24. The lowest BCUT2D eigenvalue weighted by Crippen LogP contribution is -2.36. The minimum atomic E-state index is -0.923. The second-order valence-electron chi connectivity index (χ2n) is 9.23. The van der Waals surface area contributed by atoms with Gasteiger partial charge in [0.2, 0.25) is 5.82 Å². The predicted molar refractivity (Wildman–Crippen MR) is 134 cm³/mol. The van der Waals surface area contributed by atoms with Crippen molar-refractivity contribution in [3.8, 4) is 17.2 Å². The van der Waals surface area contributed by atoms with E-state index in [9.17, 15) is 19.2 Å². The molecule has 1 aliphatic carbocycles. The number of amides is 1. The van der Waals surface area contributed by atoms with Gasteiger partial charge in [-0.05, 0) is 57.7 Å². The van der Waals surface area contributed by atoms with Crippen molar-refractivity contribution in [3.05, 3.63) is 71.2 Å². The van der Waals surface area contributed by atoms with Crippen LogP contribution in [0.15, 0.2) is 38.8 Å². The average Bonchev–Trinajstić information content (AvgIpc) is 2.72. The van der Waals surface area contributed by atoms with E-state index in [4.69, 9.17) is 32.7 Å². The van der Waals surface area contributed by atoms with Crippen molar-refractivity contribution >= 4 is 35.1 Å². The van der Waals surface area contributed by atoms with Crippen molar-refractivity contribution in [2.24, 2.45) is 0 Å². The van der Waals surface area contributed by atoms with E-state index >= 15 is 0 Å². The Morgan fingerprint density at radius 3 is 2.36 bits per heavy atom. The van der Waals surface area contributed by atoms with Crippen molar-refractivity contribution < 1.29 is 14.3 Å². The van der Waals surface area contributed by atoms with Gasteiger partial charge in [0, 0.05) is 11.8 Å². The van der Waals surface area contributed by atoms with Gasteiger partial charge in [-0.2, -0.15) is 4.68 Å². The topological polar surface area (TPSA) is 148 Å². The number of pyridine rings is 1. The molecular weight excluding hydrogens is 513 g/mol. The molecule has 1 saturated carbocycles. The number of nitrogens with zero attached hydrogens (tertiary/aromatic N) is 2. The summed E-state index contributed by atoms with van der Waals surface area (Å²) in [6, 6.07) is 4.36. The molecule has 2 heterocycles. The minimum Gasteiger partial charge on any atom is -0.453 e. The van der Waals surface area contributed by atoms with E-state index in [1.54, 1.807) is 26.8 Å². The summed E-state index contributed by atoms with van der Waals surface area (Å²) in [5, 5.41) is 6.20. The second-order valence-corrected chi connectivity index (χ2v) is 10.0. The van der Waals surface area contributed by atoms with Crippen molar-refractivity contribution in [3.63, 3.8) is 0 Å². The highest BCUT2D eigenvalue weighted by molar-refractivity contribution is 6.37. The Balaban J connectivity index is 1.64. The molecule has 1 aromatic carbocycles. The number of halogens is 2. The maximum Gasteiger partial charge on any atom is 0.413 e. The molecule has 0 bridgehead atoms. The summed E-state index contributed by atoms with van der Waals surface area (Å²) in [4.78, 5) is 53.5. The monoisotopic (exact) mass is 535 g/mol. The van der Waals surface area contributed by atoms with Gasteiger partial charge in [0.05, 0.1) is 15.7 Å². The lowest BCUT2D eigenvalue weighted by atomic mass is 9.80. The van der Waals surface area contributed by atoms with Gasteiger partial charge in [-0.1, -0.05) is 29.6 Å². The lowest BCUT2D eigenvalue weighted by molar-refractivity contribution is 0.0634. The highest BCUT2D eigenvalue weighted by Crippen LogP contribution is 2.39. The summed E-state index contributed by atoms with van der Waals surface area (Å²) in [6.45, 7) is 4.96. The maximum atomic E-state index is 12.4. The van der Waals surface area contributed by atoms with Gasteiger partial charge in [-0.15, -0.1) is 5.10 Å². The Kier molecular flexibility index (Phi) is 6.96. The first-order valence-corrected chi connectivity index (χ1v) is 11.8. The molecule has 1 amide bonds. The molecule has 0 saturated heterocycles. The van der Waals surface area contributed by atoms with E-state index < -0.39 is 28.8 Å². The van der Waals surface area contributed by atoms with Crippen molar-refractivity contribution in [1.82, 2.24) is 19.7 Å².